The van der Waals surface area contributed by atoms with Gasteiger partial charge in [-0.25, -0.2) is 0 Å². The highest BCUT2D eigenvalue weighted by Crippen LogP contribution is 2.36. The summed E-state index contributed by atoms with van der Waals surface area (Å²) in [5, 5.41) is 0. The van der Waals surface area contributed by atoms with E-state index in [-0.39, 0.29) is 25.2 Å². The lowest BCUT2D eigenvalue weighted by atomic mass is 10.0. The van der Waals surface area contributed by atoms with Crippen molar-refractivity contribution in [2.24, 2.45) is 7.05 Å². The van der Waals surface area contributed by atoms with Gasteiger partial charge in [0.2, 0.25) is 5.91 Å². The zero-order valence-electron chi connectivity index (χ0n) is 18.3. The Morgan fingerprint density at radius 2 is 1.68 bits per heavy atom. The Bertz CT molecular complexity index is 1040. The normalized spacial score (nSPS) is 14.1. The fourth-order valence-electron chi connectivity index (χ4n) is 3.53. The Balaban J connectivity index is 1.88. The van der Waals surface area contributed by atoms with E-state index in [0.29, 0.717) is 12.1 Å². The van der Waals surface area contributed by atoms with Gasteiger partial charge in [0.15, 0.2) is 0 Å². The van der Waals surface area contributed by atoms with Gasteiger partial charge < -0.3 is 14.4 Å². The van der Waals surface area contributed by atoms with Gasteiger partial charge in [-0.05, 0) is 43.2 Å². The number of benzene rings is 1. The van der Waals surface area contributed by atoms with Crippen LogP contribution in [0.4, 0.5) is 26.3 Å². The number of amides is 2. The summed E-state index contributed by atoms with van der Waals surface area (Å²) < 4.78 is 81.0. The van der Waals surface area contributed by atoms with Crippen LogP contribution >= 0.6 is 0 Å². The van der Waals surface area contributed by atoms with Crippen LogP contribution < -0.4 is 0 Å². The quantitative estimate of drug-likeness (QED) is 0.394. The van der Waals surface area contributed by atoms with Gasteiger partial charge >= 0.3 is 12.4 Å². The number of hydrogen-bond acceptors (Lipinski definition) is 2. The van der Waals surface area contributed by atoms with Crippen molar-refractivity contribution in [3.63, 3.8) is 0 Å². The predicted octanol–water partition coefficient (Wildman–Crippen LogP) is 4.88. The Morgan fingerprint density at radius 1 is 1.09 bits per heavy atom. The van der Waals surface area contributed by atoms with Crippen LogP contribution in [0.25, 0.3) is 0 Å². The molecule has 2 amide bonds. The molecule has 1 fully saturated rings. The van der Waals surface area contributed by atoms with Crippen molar-refractivity contribution in [1.29, 1.82) is 0 Å². The first-order valence-electron chi connectivity index (χ1n) is 10.4. The maximum Gasteiger partial charge on any atom is 0.416 e. The lowest BCUT2D eigenvalue weighted by Gasteiger charge is -2.27. The van der Waals surface area contributed by atoms with Crippen molar-refractivity contribution in [3.8, 4) is 0 Å². The maximum atomic E-state index is 13.2. The van der Waals surface area contributed by atoms with Crippen molar-refractivity contribution < 1.29 is 35.9 Å². The van der Waals surface area contributed by atoms with Gasteiger partial charge in [-0.2, -0.15) is 26.3 Å². The lowest BCUT2D eigenvalue weighted by molar-refractivity contribution is -0.143. The molecule has 0 bridgehead atoms. The zero-order valence-corrected chi connectivity index (χ0v) is 18.3. The Labute approximate surface area is 192 Å². The molecule has 0 saturated heterocycles. The van der Waals surface area contributed by atoms with E-state index in [0.717, 1.165) is 23.4 Å². The largest absolute Gasteiger partial charge is 0.416 e. The van der Waals surface area contributed by atoms with Crippen molar-refractivity contribution in [1.82, 2.24) is 14.4 Å². The van der Waals surface area contributed by atoms with Gasteiger partial charge in [-0.1, -0.05) is 6.08 Å². The molecule has 1 heterocycles. The number of rotatable bonds is 8. The van der Waals surface area contributed by atoms with Gasteiger partial charge in [0.1, 0.15) is 6.54 Å². The molecule has 0 N–H and O–H groups in total. The number of hydrogen-bond donors (Lipinski definition) is 0. The van der Waals surface area contributed by atoms with E-state index >= 15 is 0 Å². The average Bonchev–Trinajstić information content (AvgIpc) is 3.51. The van der Waals surface area contributed by atoms with Gasteiger partial charge in [0.25, 0.3) is 5.91 Å². The summed E-state index contributed by atoms with van der Waals surface area (Å²) in [5.74, 6) is -1.58. The minimum absolute atomic E-state index is 0.0338. The van der Waals surface area contributed by atoms with Crippen LogP contribution in [0.3, 0.4) is 0 Å². The van der Waals surface area contributed by atoms with Gasteiger partial charge in [-0.15, -0.1) is 6.58 Å². The summed E-state index contributed by atoms with van der Waals surface area (Å²) in [5.41, 5.74) is -3.16. The topological polar surface area (TPSA) is 45.6 Å². The molecule has 3 rings (SSSR count). The Hall–Kier alpha value is -3.24. The average molecular weight is 487 g/mol. The third-order valence-corrected chi connectivity index (χ3v) is 5.49. The molecular formula is C23H23F6N3O2. The minimum atomic E-state index is -5.09. The van der Waals surface area contributed by atoms with Crippen molar-refractivity contribution in [2.75, 3.05) is 13.1 Å². The SMILES string of the molecule is C=CCN(CC(=O)N(Cc1cccn1C)C1CC1)C(=O)c1cc(C(F)(F)F)cc(C(F)(F)F)c1. The first kappa shape index (κ1) is 25.4. The van der Waals surface area contributed by atoms with Gasteiger partial charge in [0, 0.05) is 37.1 Å². The second-order valence-corrected chi connectivity index (χ2v) is 8.13. The van der Waals surface area contributed by atoms with Gasteiger partial charge in [0.05, 0.1) is 17.7 Å². The molecule has 1 aromatic carbocycles. The minimum Gasteiger partial charge on any atom is -0.353 e. The van der Waals surface area contributed by atoms with Crippen LogP contribution in [0.1, 0.15) is 40.0 Å². The molecule has 184 valence electrons. The monoisotopic (exact) mass is 487 g/mol. The van der Waals surface area contributed by atoms with Gasteiger partial charge in [-0.3, -0.25) is 9.59 Å². The zero-order chi connectivity index (χ0) is 25.3. The highest BCUT2D eigenvalue weighted by Gasteiger charge is 2.38. The first-order chi connectivity index (χ1) is 15.8. The molecule has 0 radical (unpaired) electrons. The number of halogens is 6. The molecule has 11 heteroatoms. The maximum absolute atomic E-state index is 13.2. The molecule has 2 aromatic rings. The van der Waals surface area contributed by atoms with Crippen molar-refractivity contribution in [2.45, 2.75) is 37.8 Å². The van der Waals surface area contributed by atoms with Crippen LogP contribution in [0.5, 0.6) is 0 Å². The van der Waals surface area contributed by atoms with E-state index < -0.39 is 47.4 Å². The summed E-state index contributed by atoms with van der Waals surface area (Å²) in [6.45, 7) is 3.01. The number of carbonyl (C=O) groups excluding carboxylic acids is 2. The second-order valence-electron chi connectivity index (χ2n) is 8.13. The number of nitrogens with zero attached hydrogens (tertiary/aromatic N) is 3. The Kier molecular flexibility index (Phi) is 7.13. The van der Waals surface area contributed by atoms with E-state index in [4.69, 9.17) is 0 Å². The standard InChI is InChI=1S/C23H23F6N3O2/c1-3-8-31(14-20(33)32(18-6-7-18)13-19-5-4-9-30(19)2)21(34)15-10-16(22(24,25)26)12-17(11-15)23(27,28)29/h3-5,9-12,18H,1,6-8,13-14H2,2H3. The molecule has 1 saturated carbocycles. The summed E-state index contributed by atoms with van der Waals surface area (Å²) in [6.07, 6.45) is -5.57. The molecule has 5 nitrogen and oxygen atoms in total. The second kappa shape index (κ2) is 9.55. The third-order valence-electron chi connectivity index (χ3n) is 5.49. The van der Waals surface area contributed by atoms with Crippen LogP contribution in [-0.2, 0) is 30.7 Å². The van der Waals surface area contributed by atoms with Crippen LogP contribution in [-0.4, -0.2) is 45.3 Å². The fourth-order valence-corrected chi connectivity index (χ4v) is 3.53. The van der Waals surface area contributed by atoms with E-state index in [1.54, 1.807) is 4.90 Å². The molecule has 0 aliphatic heterocycles. The Morgan fingerprint density at radius 3 is 2.12 bits per heavy atom. The highest BCUT2D eigenvalue weighted by atomic mass is 19.4. The lowest BCUT2D eigenvalue weighted by Crippen LogP contribution is -2.44. The third kappa shape index (κ3) is 6.00. The number of alkyl halides is 6. The number of aromatic nitrogens is 1. The molecule has 0 unspecified atom stereocenters. The van der Waals surface area contributed by atoms with Crippen molar-refractivity contribution in [3.05, 3.63) is 71.6 Å². The summed E-state index contributed by atoms with van der Waals surface area (Å²) in [4.78, 5) is 28.5. The highest BCUT2D eigenvalue weighted by molar-refractivity contribution is 5.97. The molecule has 1 aliphatic rings. The van der Waals surface area contributed by atoms with E-state index in [2.05, 4.69) is 6.58 Å². The number of carbonyl (C=O) groups is 2. The molecule has 1 aliphatic carbocycles. The molecule has 34 heavy (non-hydrogen) atoms. The van der Waals surface area contributed by atoms with Crippen LogP contribution in [0, 0.1) is 0 Å². The molecule has 1 aromatic heterocycles. The van der Waals surface area contributed by atoms with E-state index in [1.165, 1.54) is 6.08 Å². The molecular weight excluding hydrogens is 464 g/mol. The summed E-state index contributed by atoms with van der Waals surface area (Å²) in [7, 11) is 1.81. The molecule has 0 spiro atoms. The summed E-state index contributed by atoms with van der Waals surface area (Å²) in [6, 6.07) is 4.28. The van der Waals surface area contributed by atoms with Crippen molar-refractivity contribution >= 4 is 11.8 Å². The van der Waals surface area contributed by atoms with Crippen LogP contribution in [0.2, 0.25) is 0 Å². The van der Waals surface area contributed by atoms with Crippen LogP contribution in [0.15, 0.2) is 49.2 Å². The number of aryl methyl sites for hydroxylation is 1. The molecule has 0 atom stereocenters. The first-order valence-corrected chi connectivity index (χ1v) is 10.4. The van der Waals surface area contributed by atoms with E-state index in [1.807, 2.05) is 29.9 Å². The predicted molar refractivity (Wildman–Crippen MR) is 112 cm³/mol. The van der Waals surface area contributed by atoms with E-state index in [9.17, 15) is 35.9 Å². The smallest absolute Gasteiger partial charge is 0.353 e. The fraction of sp³-hybridized carbons (Fsp3) is 0.391. The summed E-state index contributed by atoms with van der Waals surface area (Å²) >= 11 is 0.